The first-order valence-electron chi connectivity index (χ1n) is 7.72. The van der Waals surface area contributed by atoms with Crippen LogP contribution in [0.4, 0.5) is 10.5 Å². The van der Waals surface area contributed by atoms with Crippen LogP contribution in [0.1, 0.15) is 24.7 Å². The van der Waals surface area contributed by atoms with Crippen LogP contribution in [-0.2, 0) is 13.6 Å². The first-order valence-corrected chi connectivity index (χ1v) is 8.70. The Bertz CT molecular complexity index is 663. The van der Waals surface area contributed by atoms with E-state index in [1.807, 2.05) is 36.3 Å². The maximum absolute atomic E-state index is 12.0. The van der Waals surface area contributed by atoms with Crippen LogP contribution in [0.2, 0.25) is 0 Å². The summed E-state index contributed by atoms with van der Waals surface area (Å²) < 4.78 is 3.89. The van der Waals surface area contributed by atoms with Gasteiger partial charge in [0.2, 0.25) is 0 Å². The Balaban J connectivity index is 1.80. The largest absolute Gasteiger partial charge is 0.337 e. The van der Waals surface area contributed by atoms with E-state index >= 15 is 0 Å². The van der Waals surface area contributed by atoms with E-state index in [0.717, 1.165) is 41.0 Å². The quantitative estimate of drug-likeness (QED) is 0.602. The zero-order valence-electron chi connectivity index (χ0n) is 14.1. The van der Waals surface area contributed by atoms with E-state index in [1.165, 1.54) is 0 Å². The minimum atomic E-state index is -0.201. The second-order valence-corrected chi connectivity index (χ2v) is 6.38. The predicted molar refractivity (Wildman–Crippen MR) is 92.9 cm³/mol. The summed E-state index contributed by atoms with van der Waals surface area (Å²) in [6.07, 6.45) is 4.68. The zero-order chi connectivity index (χ0) is 16.8. The van der Waals surface area contributed by atoms with E-state index in [1.54, 1.807) is 18.0 Å². The number of imidazole rings is 1. The van der Waals surface area contributed by atoms with E-state index in [-0.39, 0.29) is 6.03 Å². The number of hydrogen-bond donors (Lipinski definition) is 2. The van der Waals surface area contributed by atoms with Gasteiger partial charge in [0.05, 0.1) is 17.1 Å². The van der Waals surface area contributed by atoms with Gasteiger partial charge in [-0.3, -0.25) is 4.68 Å². The number of nitrogens with one attached hydrogen (secondary N) is 2. The number of urea groups is 1. The molecule has 0 saturated heterocycles. The van der Waals surface area contributed by atoms with E-state index in [2.05, 4.69) is 27.6 Å². The molecule has 0 atom stereocenters. The van der Waals surface area contributed by atoms with Crippen molar-refractivity contribution in [2.45, 2.75) is 38.9 Å². The van der Waals surface area contributed by atoms with Crippen LogP contribution in [-0.4, -0.2) is 37.7 Å². The Morgan fingerprint density at radius 2 is 2.17 bits per heavy atom. The van der Waals surface area contributed by atoms with Crippen molar-refractivity contribution in [2.24, 2.45) is 7.05 Å². The van der Waals surface area contributed by atoms with Gasteiger partial charge in [0, 0.05) is 38.3 Å². The second-order valence-electron chi connectivity index (χ2n) is 5.32. The molecule has 2 N–H and O–H groups in total. The van der Waals surface area contributed by atoms with Gasteiger partial charge in [0.1, 0.15) is 0 Å². The summed E-state index contributed by atoms with van der Waals surface area (Å²) >= 11 is 1.61. The minimum Gasteiger partial charge on any atom is -0.337 e. The lowest BCUT2D eigenvalue weighted by Gasteiger charge is -2.08. The number of amides is 2. The topological polar surface area (TPSA) is 76.8 Å². The van der Waals surface area contributed by atoms with Crippen molar-refractivity contribution in [3.05, 3.63) is 23.8 Å². The van der Waals surface area contributed by atoms with Crippen molar-refractivity contribution in [2.75, 3.05) is 17.6 Å². The van der Waals surface area contributed by atoms with Gasteiger partial charge in [-0.25, -0.2) is 9.78 Å². The lowest BCUT2D eigenvalue weighted by molar-refractivity contribution is 0.252. The molecule has 0 aliphatic heterocycles. The molecule has 2 heterocycles. The Morgan fingerprint density at radius 3 is 2.83 bits per heavy atom. The molecule has 2 rings (SSSR count). The fraction of sp³-hybridized carbons (Fsp3) is 0.533. The van der Waals surface area contributed by atoms with Crippen LogP contribution in [0.15, 0.2) is 17.6 Å². The summed E-state index contributed by atoms with van der Waals surface area (Å²) in [4.78, 5) is 16.3. The molecule has 0 fully saturated rings. The van der Waals surface area contributed by atoms with Crippen LogP contribution < -0.4 is 10.6 Å². The molecule has 2 aromatic rings. The summed E-state index contributed by atoms with van der Waals surface area (Å²) in [5.74, 6) is 0.769. The van der Waals surface area contributed by atoms with E-state index in [9.17, 15) is 4.79 Å². The number of hydrogen-bond acceptors (Lipinski definition) is 4. The van der Waals surface area contributed by atoms with Crippen LogP contribution in [0.3, 0.4) is 0 Å². The first kappa shape index (κ1) is 17.4. The highest BCUT2D eigenvalue weighted by atomic mass is 32.2. The fourth-order valence-electron chi connectivity index (χ4n) is 2.26. The Labute approximate surface area is 140 Å². The van der Waals surface area contributed by atoms with Gasteiger partial charge >= 0.3 is 6.03 Å². The van der Waals surface area contributed by atoms with Gasteiger partial charge in [-0.15, -0.1) is 0 Å². The molecule has 0 aliphatic carbocycles. The summed E-state index contributed by atoms with van der Waals surface area (Å²) in [5.41, 5.74) is 2.63. The second kappa shape index (κ2) is 8.05. The lowest BCUT2D eigenvalue weighted by atomic mass is 10.3. The molecule has 0 saturated carbocycles. The summed E-state index contributed by atoms with van der Waals surface area (Å²) in [7, 11) is 1.95. The van der Waals surface area contributed by atoms with E-state index < -0.39 is 0 Å². The van der Waals surface area contributed by atoms with Crippen molar-refractivity contribution < 1.29 is 4.79 Å². The molecule has 0 aliphatic rings. The number of rotatable bonds is 7. The van der Waals surface area contributed by atoms with Gasteiger partial charge in [-0.2, -0.15) is 5.10 Å². The van der Waals surface area contributed by atoms with Crippen molar-refractivity contribution in [1.82, 2.24) is 24.6 Å². The molecule has 2 aromatic heterocycles. The SMILES string of the molecule is CCCn1nc(C)c(NC(=O)NCCSc2nccn2C)c1C. The van der Waals surface area contributed by atoms with Crippen molar-refractivity contribution in [1.29, 1.82) is 0 Å². The maximum Gasteiger partial charge on any atom is 0.319 e. The Hall–Kier alpha value is -1.96. The zero-order valence-corrected chi connectivity index (χ0v) is 14.9. The van der Waals surface area contributed by atoms with Crippen LogP contribution >= 0.6 is 11.8 Å². The number of carbonyl (C=O) groups excluding carboxylic acids is 1. The third-order valence-corrected chi connectivity index (χ3v) is 4.51. The van der Waals surface area contributed by atoms with E-state index in [0.29, 0.717) is 6.54 Å². The molecule has 7 nitrogen and oxygen atoms in total. The smallest absolute Gasteiger partial charge is 0.319 e. The summed E-state index contributed by atoms with van der Waals surface area (Å²) in [6.45, 7) is 7.42. The van der Waals surface area contributed by atoms with Crippen LogP contribution in [0.5, 0.6) is 0 Å². The summed E-state index contributed by atoms with van der Waals surface area (Å²) in [5, 5.41) is 11.2. The summed E-state index contributed by atoms with van der Waals surface area (Å²) in [6, 6.07) is -0.201. The van der Waals surface area contributed by atoms with Gasteiger partial charge in [-0.1, -0.05) is 18.7 Å². The highest BCUT2D eigenvalue weighted by Gasteiger charge is 2.13. The molecule has 0 aromatic carbocycles. The molecule has 0 unspecified atom stereocenters. The molecular weight excluding hydrogens is 312 g/mol. The Kier molecular flexibility index (Phi) is 6.09. The van der Waals surface area contributed by atoms with Crippen molar-refractivity contribution in [3.63, 3.8) is 0 Å². The Morgan fingerprint density at radius 1 is 1.39 bits per heavy atom. The third-order valence-electron chi connectivity index (χ3n) is 3.45. The monoisotopic (exact) mass is 336 g/mol. The predicted octanol–water partition coefficient (Wildman–Crippen LogP) is 2.56. The molecule has 126 valence electrons. The molecule has 0 radical (unpaired) electrons. The van der Waals surface area contributed by atoms with Crippen molar-refractivity contribution in [3.8, 4) is 0 Å². The fourth-order valence-corrected chi connectivity index (χ4v) is 3.05. The highest BCUT2D eigenvalue weighted by molar-refractivity contribution is 7.99. The van der Waals surface area contributed by atoms with Crippen molar-refractivity contribution >= 4 is 23.5 Å². The molecule has 0 bridgehead atoms. The molecule has 23 heavy (non-hydrogen) atoms. The number of anilines is 1. The molecule has 8 heteroatoms. The van der Waals surface area contributed by atoms with Gasteiger partial charge in [0.25, 0.3) is 0 Å². The average molecular weight is 336 g/mol. The molecular formula is C15H24N6OS. The van der Waals surface area contributed by atoms with Crippen LogP contribution in [0, 0.1) is 13.8 Å². The molecule has 0 spiro atoms. The normalized spacial score (nSPS) is 10.8. The van der Waals surface area contributed by atoms with Gasteiger partial charge in [-0.05, 0) is 20.3 Å². The third kappa shape index (κ3) is 4.51. The van der Waals surface area contributed by atoms with E-state index in [4.69, 9.17) is 0 Å². The highest BCUT2D eigenvalue weighted by Crippen LogP contribution is 2.19. The minimum absolute atomic E-state index is 0.201. The average Bonchev–Trinajstić information content (AvgIpc) is 3.03. The number of thioether (sulfide) groups is 1. The standard InChI is InChI=1S/C15H24N6OS/c1-5-8-21-12(3)13(11(2)19-21)18-14(22)16-7-10-23-15-17-6-9-20(15)4/h6,9H,5,7-8,10H2,1-4H3,(H2,16,18,22). The number of aromatic nitrogens is 4. The number of aryl methyl sites for hydroxylation is 3. The molecule has 2 amide bonds. The maximum atomic E-state index is 12.0. The van der Waals surface area contributed by atoms with Gasteiger partial charge in [0.15, 0.2) is 5.16 Å². The number of nitrogens with zero attached hydrogens (tertiary/aromatic N) is 4. The van der Waals surface area contributed by atoms with Gasteiger partial charge < -0.3 is 15.2 Å². The number of carbonyl (C=O) groups is 1. The first-order chi connectivity index (χ1) is 11.0. The lowest BCUT2D eigenvalue weighted by Crippen LogP contribution is -2.31. The van der Waals surface area contributed by atoms with Crippen LogP contribution in [0.25, 0.3) is 0 Å².